The van der Waals surface area contributed by atoms with Crippen LogP contribution in [-0.2, 0) is 6.54 Å². The van der Waals surface area contributed by atoms with E-state index in [0.29, 0.717) is 12.2 Å². The number of nitrogens with two attached hydrogens (primary N) is 1. The molecule has 2 aromatic heterocycles. The van der Waals surface area contributed by atoms with Gasteiger partial charge in [-0.25, -0.2) is 9.78 Å². The number of carbonyl (C=O) groups is 2. The highest BCUT2D eigenvalue weighted by Gasteiger charge is 2.26. The maximum Gasteiger partial charge on any atom is 0.322 e. The summed E-state index contributed by atoms with van der Waals surface area (Å²) in [6.45, 7) is 0.500. The summed E-state index contributed by atoms with van der Waals surface area (Å²) in [5, 5.41) is 2.86. The van der Waals surface area contributed by atoms with Crippen LogP contribution in [0.15, 0.2) is 41.3 Å². The molecule has 0 unspecified atom stereocenters. The Bertz CT molecular complexity index is 706. The van der Waals surface area contributed by atoms with Crippen molar-refractivity contribution in [3.63, 3.8) is 0 Å². The minimum absolute atomic E-state index is 0.167. The first-order valence-corrected chi connectivity index (χ1v) is 8.48. The minimum Gasteiger partial charge on any atom is -0.472 e. The van der Waals surface area contributed by atoms with Gasteiger partial charge < -0.3 is 20.4 Å². The molecule has 2 heterocycles. The van der Waals surface area contributed by atoms with Crippen molar-refractivity contribution in [2.75, 3.05) is 5.32 Å². The monoisotopic (exact) mass is 342 g/mol. The lowest BCUT2D eigenvalue weighted by atomic mass is 9.94. The highest BCUT2D eigenvalue weighted by molar-refractivity contribution is 5.92. The van der Waals surface area contributed by atoms with Crippen molar-refractivity contribution in [1.29, 1.82) is 0 Å². The Morgan fingerprint density at radius 3 is 2.64 bits per heavy atom. The predicted molar refractivity (Wildman–Crippen MR) is 92.9 cm³/mol. The van der Waals surface area contributed by atoms with E-state index in [9.17, 15) is 9.59 Å². The molecular formula is C18H22N4O3. The van der Waals surface area contributed by atoms with Gasteiger partial charge >= 0.3 is 6.03 Å². The molecule has 1 aliphatic rings. The summed E-state index contributed by atoms with van der Waals surface area (Å²) < 4.78 is 5.12. The van der Waals surface area contributed by atoms with Gasteiger partial charge in [-0.2, -0.15) is 0 Å². The quantitative estimate of drug-likeness (QED) is 0.871. The fourth-order valence-electron chi connectivity index (χ4n) is 3.15. The van der Waals surface area contributed by atoms with Crippen LogP contribution in [0, 0.1) is 0 Å². The molecule has 7 nitrogen and oxygen atoms in total. The number of aromatic nitrogens is 1. The second-order valence-corrected chi connectivity index (χ2v) is 6.28. The lowest BCUT2D eigenvalue weighted by Gasteiger charge is -2.34. The van der Waals surface area contributed by atoms with Crippen molar-refractivity contribution in [3.05, 3.63) is 48.2 Å². The highest BCUT2D eigenvalue weighted by atomic mass is 16.3. The number of furan rings is 1. The maximum atomic E-state index is 12.8. The number of nitrogens with one attached hydrogen (secondary N) is 1. The van der Waals surface area contributed by atoms with Crippen molar-refractivity contribution in [3.8, 4) is 0 Å². The van der Waals surface area contributed by atoms with Gasteiger partial charge in [0.05, 0.1) is 31.0 Å². The Kier molecular flexibility index (Phi) is 5.33. The number of amides is 3. The Labute approximate surface area is 146 Å². The first-order valence-electron chi connectivity index (χ1n) is 8.48. The normalized spacial score (nSPS) is 14.9. The number of hydrogen-bond acceptors (Lipinski definition) is 4. The Balaban J connectivity index is 1.72. The topological polar surface area (TPSA) is 101 Å². The smallest absolute Gasteiger partial charge is 0.322 e. The first kappa shape index (κ1) is 17.0. The van der Waals surface area contributed by atoms with Gasteiger partial charge in [0.2, 0.25) is 0 Å². The third-order valence-electron chi connectivity index (χ3n) is 4.48. The fourth-order valence-corrected chi connectivity index (χ4v) is 3.15. The SMILES string of the molecule is NC(=O)c1ccc(NC(=O)N(Cc2ccoc2)C2CCCCC2)cn1. The summed E-state index contributed by atoms with van der Waals surface area (Å²) in [6.07, 6.45) is 10.2. The second-order valence-electron chi connectivity index (χ2n) is 6.28. The van der Waals surface area contributed by atoms with E-state index in [2.05, 4.69) is 10.3 Å². The second kappa shape index (κ2) is 7.83. The van der Waals surface area contributed by atoms with Gasteiger partial charge in [-0.3, -0.25) is 4.79 Å². The largest absolute Gasteiger partial charge is 0.472 e. The molecule has 1 saturated carbocycles. The molecule has 0 aromatic carbocycles. The van der Waals surface area contributed by atoms with Crippen LogP contribution in [0.25, 0.3) is 0 Å². The molecule has 1 aliphatic carbocycles. The van der Waals surface area contributed by atoms with Crippen LogP contribution >= 0.6 is 0 Å². The zero-order valence-electron chi connectivity index (χ0n) is 14.0. The molecule has 0 saturated heterocycles. The predicted octanol–water partition coefficient (Wildman–Crippen LogP) is 3.14. The summed E-state index contributed by atoms with van der Waals surface area (Å²) in [6, 6.07) is 5.02. The Hall–Kier alpha value is -2.83. The number of primary amides is 1. The van der Waals surface area contributed by atoms with Gasteiger partial charge in [0.25, 0.3) is 5.91 Å². The molecule has 0 atom stereocenters. The van der Waals surface area contributed by atoms with E-state index in [1.54, 1.807) is 18.6 Å². The summed E-state index contributed by atoms with van der Waals surface area (Å²) in [5.41, 5.74) is 6.84. The van der Waals surface area contributed by atoms with Crippen molar-refractivity contribution in [1.82, 2.24) is 9.88 Å². The van der Waals surface area contributed by atoms with E-state index in [1.165, 1.54) is 18.7 Å². The van der Waals surface area contributed by atoms with Crippen LogP contribution in [0.3, 0.4) is 0 Å². The highest BCUT2D eigenvalue weighted by Crippen LogP contribution is 2.25. The van der Waals surface area contributed by atoms with Gasteiger partial charge in [-0.05, 0) is 31.0 Å². The third kappa shape index (κ3) is 4.37. The van der Waals surface area contributed by atoms with E-state index in [-0.39, 0.29) is 17.8 Å². The molecule has 3 amide bonds. The van der Waals surface area contributed by atoms with E-state index in [1.807, 2.05) is 11.0 Å². The molecule has 1 fully saturated rings. The molecule has 0 spiro atoms. The molecule has 7 heteroatoms. The minimum atomic E-state index is -0.596. The molecule has 2 aromatic rings. The van der Waals surface area contributed by atoms with E-state index in [4.69, 9.17) is 10.2 Å². The number of rotatable bonds is 5. The van der Waals surface area contributed by atoms with Crippen LogP contribution in [-0.4, -0.2) is 27.9 Å². The molecule has 25 heavy (non-hydrogen) atoms. The van der Waals surface area contributed by atoms with Gasteiger partial charge in [-0.15, -0.1) is 0 Å². The van der Waals surface area contributed by atoms with Crippen molar-refractivity contribution in [2.45, 2.75) is 44.7 Å². The van der Waals surface area contributed by atoms with E-state index >= 15 is 0 Å². The number of urea groups is 1. The Morgan fingerprint density at radius 1 is 1.24 bits per heavy atom. The van der Waals surface area contributed by atoms with Gasteiger partial charge in [-0.1, -0.05) is 19.3 Å². The standard InChI is InChI=1S/C18H22N4O3/c19-17(23)16-7-6-14(10-20-16)21-18(24)22(11-13-8-9-25-12-13)15-4-2-1-3-5-15/h6-10,12,15H,1-5,11H2,(H2,19,23)(H,21,24). The number of nitrogens with zero attached hydrogens (tertiary/aromatic N) is 2. The zero-order valence-corrected chi connectivity index (χ0v) is 14.0. The van der Waals surface area contributed by atoms with Crippen molar-refractivity contribution < 1.29 is 14.0 Å². The molecular weight excluding hydrogens is 320 g/mol. The van der Waals surface area contributed by atoms with Crippen molar-refractivity contribution in [2.24, 2.45) is 5.73 Å². The van der Waals surface area contributed by atoms with Crippen molar-refractivity contribution >= 4 is 17.6 Å². The average molecular weight is 342 g/mol. The summed E-state index contributed by atoms with van der Waals surface area (Å²) in [7, 11) is 0. The molecule has 132 valence electrons. The maximum absolute atomic E-state index is 12.8. The lowest BCUT2D eigenvalue weighted by Crippen LogP contribution is -2.43. The third-order valence-corrected chi connectivity index (χ3v) is 4.48. The summed E-state index contributed by atoms with van der Waals surface area (Å²) in [4.78, 5) is 29.7. The Morgan fingerprint density at radius 2 is 2.04 bits per heavy atom. The van der Waals surface area contributed by atoms with E-state index in [0.717, 1.165) is 31.2 Å². The van der Waals surface area contributed by atoms with E-state index < -0.39 is 5.91 Å². The summed E-state index contributed by atoms with van der Waals surface area (Å²) >= 11 is 0. The fraction of sp³-hybridized carbons (Fsp3) is 0.389. The first-order chi connectivity index (χ1) is 12.1. The van der Waals surface area contributed by atoms with Crippen LogP contribution in [0.2, 0.25) is 0 Å². The molecule has 0 bridgehead atoms. The molecule has 0 aliphatic heterocycles. The van der Waals surface area contributed by atoms with Gasteiger partial charge in [0.1, 0.15) is 5.69 Å². The van der Waals surface area contributed by atoms with Crippen LogP contribution < -0.4 is 11.1 Å². The van der Waals surface area contributed by atoms with Gasteiger partial charge in [0, 0.05) is 11.6 Å². The number of pyridine rings is 1. The molecule has 3 rings (SSSR count). The summed E-state index contributed by atoms with van der Waals surface area (Å²) in [5.74, 6) is -0.596. The number of anilines is 1. The molecule has 0 radical (unpaired) electrons. The van der Waals surface area contributed by atoms with Gasteiger partial charge in [0.15, 0.2) is 0 Å². The molecule has 3 N–H and O–H groups in total. The average Bonchev–Trinajstić information content (AvgIpc) is 3.14. The lowest BCUT2D eigenvalue weighted by molar-refractivity contribution is 0.0995. The van der Waals surface area contributed by atoms with Crippen LogP contribution in [0.5, 0.6) is 0 Å². The zero-order chi connectivity index (χ0) is 17.6. The van der Waals surface area contributed by atoms with Crippen LogP contribution in [0.4, 0.5) is 10.5 Å². The number of carbonyl (C=O) groups excluding carboxylic acids is 2. The van der Waals surface area contributed by atoms with Crippen LogP contribution in [0.1, 0.15) is 48.2 Å². The number of hydrogen-bond donors (Lipinski definition) is 2.